The minimum Gasteiger partial charge on any atom is -0.244 e. The van der Waals surface area contributed by atoms with Gasteiger partial charge in [0.2, 0.25) is 0 Å². The van der Waals surface area contributed by atoms with Gasteiger partial charge in [-0.05, 0) is 31.5 Å². The minimum absolute atomic E-state index is 0.199. The fourth-order valence-corrected chi connectivity index (χ4v) is 2.94. The number of nitrogens with zero attached hydrogens (tertiary/aromatic N) is 1. The molecule has 23 heavy (non-hydrogen) atoms. The molecule has 0 amide bonds. The highest BCUT2D eigenvalue weighted by Gasteiger charge is 2.34. The molecule has 0 aliphatic rings. The molecule has 9 heteroatoms. The topological polar surface area (TPSA) is 49.4 Å². The van der Waals surface area contributed by atoms with Gasteiger partial charge in [0.1, 0.15) is 5.67 Å². The lowest BCUT2D eigenvalue weighted by Crippen LogP contribution is -2.40. The summed E-state index contributed by atoms with van der Waals surface area (Å²) in [6.45, 7) is 2.56. The van der Waals surface area contributed by atoms with Gasteiger partial charge in [-0.15, -0.1) is 0 Å². The van der Waals surface area contributed by atoms with Crippen molar-refractivity contribution in [1.29, 1.82) is 0 Å². The van der Waals surface area contributed by atoms with E-state index in [2.05, 4.69) is 4.72 Å². The second kappa shape index (κ2) is 6.74. The molecule has 132 valence electrons. The van der Waals surface area contributed by atoms with Gasteiger partial charge in [0, 0.05) is 20.5 Å². The third kappa shape index (κ3) is 5.43. The van der Waals surface area contributed by atoms with Crippen LogP contribution in [0.3, 0.4) is 0 Å². The first kappa shape index (κ1) is 19.9. The molecule has 0 saturated heterocycles. The number of halogens is 4. The van der Waals surface area contributed by atoms with E-state index in [1.165, 1.54) is 40.1 Å². The van der Waals surface area contributed by atoms with Gasteiger partial charge in [-0.1, -0.05) is 12.1 Å². The van der Waals surface area contributed by atoms with Crippen LogP contribution in [0.5, 0.6) is 0 Å². The van der Waals surface area contributed by atoms with Crippen LogP contribution < -0.4 is 4.72 Å². The van der Waals surface area contributed by atoms with E-state index < -0.39 is 33.7 Å². The van der Waals surface area contributed by atoms with Crippen molar-refractivity contribution in [2.45, 2.75) is 38.2 Å². The average molecular weight is 356 g/mol. The first-order valence-electron chi connectivity index (χ1n) is 6.80. The summed E-state index contributed by atoms with van der Waals surface area (Å²) in [6.07, 6.45) is -4.69. The van der Waals surface area contributed by atoms with Crippen LogP contribution in [0.15, 0.2) is 24.3 Å². The molecule has 0 bridgehead atoms. The molecule has 0 radical (unpaired) electrons. The van der Waals surface area contributed by atoms with Crippen LogP contribution in [0.2, 0.25) is 0 Å². The van der Waals surface area contributed by atoms with E-state index >= 15 is 0 Å². The molecule has 0 aliphatic carbocycles. The SMILES string of the molecule is CNS(=O)(=O)N(C)C(CC(C)(C)F)c1ccc(C(F)(F)F)cc1. The molecule has 1 aromatic carbocycles. The van der Waals surface area contributed by atoms with Gasteiger partial charge in [-0.25, -0.2) is 9.11 Å². The van der Waals surface area contributed by atoms with Crippen molar-refractivity contribution in [3.8, 4) is 0 Å². The molecule has 0 fully saturated rings. The highest BCUT2D eigenvalue weighted by molar-refractivity contribution is 7.87. The molecule has 0 aliphatic heterocycles. The van der Waals surface area contributed by atoms with Crippen LogP contribution in [-0.2, 0) is 16.4 Å². The highest BCUT2D eigenvalue weighted by atomic mass is 32.2. The van der Waals surface area contributed by atoms with Gasteiger partial charge >= 0.3 is 6.18 Å². The van der Waals surface area contributed by atoms with Gasteiger partial charge in [-0.2, -0.15) is 25.9 Å². The quantitative estimate of drug-likeness (QED) is 0.796. The van der Waals surface area contributed by atoms with Gasteiger partial charge in [-0.3, -0.25) is 0 Å². The Morgan fingerprint density at radius 3 is 1.96 bits per heavy atom. The summed E-state index contributed by atoms with van der Waals surface area (Å²) >= 11 is 0. The van der Waals surface area contributed by atoms with Crippen molar-refractivity contribution in [1.82, 2.24) is 9.03 Å². The predicted molar refractivity (Wildman–Crippen MR) is 79.7 cm³/mol. The zero-order chi connectivity index (χ0) is 18.1. The summed E-state index contributed by atoms with van der Waals surface area (Å²) in [6, 6.07) is 3.11. The molecule has 1 unspecified atom stereocenters. The maximum atomic E-state index is 14.0. The van der Waals surface area contributed by atoms with Crippen LogP contribution in [-0.4, -0.2) is 32.5 Å². The first-order chi connectivity index (χ1) is 10.3. The number of hydrogen-bond acceptors (Lipinski definition) is 2. The molecule has 0 heterocycles. The number of benzene rings is 1. The predicted octanol–water partition coefficient (Wildman–Crippen LogP) is 3.28. The zero-order valence-corrected chi connectivity index (χ0v) is 14.1. The van der Waals surface area contributed by atoms with Crippen LogP contribution in [0.1, 0.15) is 37.4 Å². The van der Waals surface area contributed by atoms with Crippen LogP contribution in [0.4, 0.5) is 17.6 Å². The van der Waals surface area contributed by atoms with Crippen molar-refractivity contribution < 1.29 is 26.0 Å². The van der Waals surface area contributed by atoms with Gasteiger partial charge in [0.15, 0.2) is 0 Å². The van der Waals surface area contributed by atoms with Crippen molar-refractivity contribution in [2.24, 2.45) is 0 Å². The largest absolute Gasteiger partial charge is 0.416 e. The number of nitrogens with one attached hydrogen (secondary N) is 1. The Hall–Kier alpha value is -1.19. The van der Waals surface area contributed by atoms with Crippen LogP contribution in [0, 0.1) is 0 Å². The molecular weight excluding hydrogens is 336 g/mol. The van der Waals surface area contributed by atoms with E-state index in [9.17, 15) is 26.0 Å². The maximum absolute atomic E-state index is 14.0. The number of alkyl halides is 4. The lowest BCUT2D eigenvalue weighted by atomic mass is 9.94. The molecule has 4 nitrogen and oxygen atoms in total. The van der Waals surface area contributed by atoms with Gasteiger partial charge < -0.3 is 0 Å². The van der Waals surface area contributed by atoms with E-state index in [0.717, 1.165) is 16.4 Å². The Morgan fingerprint density at radius 2 is 1.61 bits per heavy atom. The van der Waals surface area contributed by atoms with E-state index in [1.54, 1.807) is 0 Å². The molecule has 0 spiro atoms. The average Bonchev–Trinajstić information content (AvgIpc) is 2.42. The molecule has 1 rings (SSSR count). The number of rotatable bonds is 6. The fourth-order valence-electron chi connectivity index (χ4n) is 2.12. The maximum Gasteiger partial charge on any atom is 0.416 e. The first-order valence-corrected chi connectivity index (χ1v) is 8.24. The Labute approximate surface area is 133 Å². The summed E-state index contributed by atoms with van der Waals surface area (Å²) in [4.78, 5) is 0. The normalized spacial score (nSPS) is 15.0. The third-order valence-corrected chi connectivity index (χ3v) is 4.91. The smallest absolute Gasteiger partial charge is 0.244 e. The second-order valence-corrected chi connectivity index (χ2v) is 7.72. The summed E-state index contributed by atoms with van der Waals surface area (Å²) in [7, 11) is -1.41. The van der Waals surface area contributed by atoms with E-state index in [4.69, 9.17) is 0 Å². The summed E-state index contributed by atoms with van der Waals surface area (Å²) in [5.41, 5.74) is -2.27. The Balaban J connectivity index is 3.25. The summed E-state index contributed by atoms with van der Waals surface area (Å²) < 4.78 is 78.8. The van der Waals surface area contributed by atoms with Crippen molar-refractivity contribution in [3.63, 3.8) is 0 Å². The molecular formula is C14H20F4N2O2S. The van der Waals surface area contributed by atoms with E-state index in [-0.39, 0.29) is 12.0 Å². The van der Waals surface area contributed by atoms with Crippen LogP contribution in [0.25, 0.3) is 0 Å². The second-order valence-electron chi connectivity index (χ2n) is 5.78. The van der Waals surface area contributed by atoms with Crippen molar-refractivity contribution >= 4 is 10.2 Å². The summed E-state index contributed by atoms with van der Waals surface area (Å²) in [5.74, 6) is 0. The monoisotopic (exact) mass is 356 g/mol. The lowest BCUT2D eigenvalue weighted by molar-refractivity contribution is -0.137. The lowest BCUT2D eigenvalue weighted by Gasteiger charge is -2.31. The summed E-state index contributed by atoms with van der Waals surface area (Å²) in [5, 5.41) is 0. The fraction of sp³-hybridized carbons (Fsp3) is 0.571. The van der Waals surface area contributed by atoms with E-state index in [1.807, 2.05) is 0 Å². The van der Waals surface area contributed by atoms with Crippen molar-refractivity contribution in [3.05, 3.63) is 35.4 Å². The highest BCUT2D eigenvalue weighted by Crippen LogP contribution is 2.34. The minimum atomic E-state index is -4.49. The standard InChI is InChI=1S/C14H20F4N2O2S/c1-13(2,15)9-12(20(4)23(21,22)19-3)10-5-7-11(8-6-10)14(16,17)18/h5-8,12,19H,9H2,1-4H3. The molecule has 1 aromatic rings. The number of hydrogen-bond donors (Lipinski definition) is 1. The molecule has 0 aromatic heterocycles. The van der Waals surface area contributed by atoms with Gasteiger partial charge in [0.05, 0.1) is 11.6 Å². The van der Waals surface area contributed by atoms with Crippen molar-refractivity contribution in [2.75, 3.05) is 14.1 Å². The third-order valence-electron chi connectivity index (χ3n) is 3.38. The van der Waals surface area contributed by atoms with E-state index in [0.29, 0.717) is 0 Å². The van der Waals surface area contributed by atoms with Crippen LogP contribution >= 0.6 is 0 Å². The molecule has 1 N–H and O–H groups in total. The molecule has 0 saturated carbocycles. The van der Waals surface area contributed by atoms with Gasteiger partial charge in [0.25, 0.3) is 10.2 Å². The Morgan fingerprint density at radius 1 is 1.13 bits per heavy atom. The zero-order valence-electron chi connectivity index (χ0n) is 13.3. The Kier molecular flexibility index (Phi) is 5.82. The Bertz CT molecular complexity index is 622. The molecule has 1 atom stereocenters.